The van der Waals surface area contributed by atoms with Crippen LogP contribution in [0.3, 0.4) is 0 Å². The van der Waals surface area contributed by atoms with Crippen molar-refractivity contribution in [2.75, 3.05) is 18.0 Å². The van der Waals surface area contributed by atoms with Crippen LogP contribution >= 0.6 is 11.3 Å². The number of sulfonamides is 1. The maximum absolute atomic E-state index is 13.5. The first-order valence-electron chi connectivity index (χ1n) is 10.1. The number of piperazine rings is 1. The van der Waals surface area contributed by atoms with Crippen LogP contribution in [-0.4, -0.2) is 54.0 Å². The van der Waals surface area contributed by atoms with E-state index in [1.807, 2.05) is 39.1 Å². The third-order valence-electron chi connectivity index (χ3n) is 5.97. The van der Waals surface area contributed by atoms with E-state index in [0.717, 1.165) is 16.1 Å². The van der Waals surface area contributed by atoms with Crippen molar-refractivity contribution in [3.8, 4) is 0 Å². The van der Waals surface area contributed by atoms with Crippen molar-refractivity contribution >= 4 is 43.2 Å². The number of carboxylic acids is 1. The number of anilines is 1. The minimum Gasteiger partial charge on any atom is -0.481 e. The summed E-state index contributed by atoms with van der Waals surface area (Å²) in [5.41, 5.74) is 1.72. The predicted octanol–water partition coefficient (Wildman–Crippen LogP) is 3.52. The molecular weight excluding hydrogens is 434 g/mol. The van der Waals surface area contributed by atoms with Gasteiger partial charge in [0.25, 0.3) is 0 Å². The molecule has 1 fully saturated rings. The largest absolute Gasteiger partial charge is 0.481 e. The zero-order chi connectivity index (χ0) is 22.3. The highest BCUT2D eigenvalue weighted by Crippen LogP contribution is 2.32. The lowest BCUT2D eigenvalue weighted by Crippen LogP contribution is -2.59. The van der Waals surface area contributed by atoms with Crippen LogP contribution in [0.15, 0.2) is 46.8 Å². The van der Waals surface area contributed by atoms with Gasteiger partial charge in [-0.15, -0.1) is 11.3 Å². The molecule has 9 heteroatoms. The van der Waals surface area contributed by atoms with Crippen molar-refractivity contribution in [3.63, 3.8) is 0 Å². The van der Waals surface area contributed by atoms with Crippen LogP contribution in [0.5, 0.6) is 0 Å². The Balaban J connectivity index is 1.63. The summed E-state index contributed by atoms with van der Waals surface area (Å²) >= 11 is 1.43. The Morgan fingerprint density at radius 3 is 2.65 bits per heavy atom. The fourth-order valence-electron chi connectivity index (χ4n) is 4.06. The molecule has 0 bridgehead atoms. The fraction of sp³-hybridized carbons (Fsp3) is 0.364. The molecule has 0 aliphatic carbocycles. The smallest absolute Gasteiger partial charge is 0.307 e. The molecule has 3 aromatic rings. The summed E-state index contributed by atoms with van der Waals surface area (Å²) < 4.78 is 29.4. The maximum Gasteiger partial charge on any atom is 0.307 e. The van der Waals surface area contributed by atoms with Gasteiger partial charge in [-0.05, 0) is 66.9 Å². The van der Waals surface area contributed by atoms with Crippen molar-refractivity contribution in [3.05, 3.63) is 53.0 Å². The van der Waals surface area contributed by atoms with E-state index in [1.165, 1.54) is 11.3 Å². The van der Waals surface area contributed by atoms with E-state index in [2.05, 4.69) is 9.88 Å². The SMILES string of the molecule is Cc1ccc(N2CCN(S(=O)(=O)c3ccc4scc(CC(=O)O)c4c3)[C@H](C)[C@@H]2C)nc1. The quantitative estimate of drug-likeness (QED) is 0.628. The Morgan fingerprint density at radius 1 is 1.19 bits per heavy atom. The lowest BCUT2D eigenvalue weighted by molar-refractivity contribution is -0.136. The number of aromatic nitrogens is 1. The summed E-state index contributed by atoms with van der Waals surface area (Å²) in [4.78, 5) is 18.0. The lowest BCUT2D eigenvalue weighted by atomic mass is 10.1. The Bertz CT molecular complexity index is 1220. The average Bonchev–Trinajstić information content (AvgIpc) is 3.12. The lowest BCUT2D eigenvalue weighted by Gasteiger charge is -2.44. The molecule has 1 aromatic carbocycles. The summed E-state index contributed by atoms with van der Waals surface area (Å²) in [6, 6.07) is 8.67. The van der Waals surface area contributed by atoms with Crippen LogP contribution in [0, 0.1) is 6.92 Å². The summed E-state index contributed by atoms with van der Waals surface area (Å²) in [6.07, 6.45) is 1.69. The van der Waals surface area contributed by atoms with E-state index in [9.17, 15) is 13.2 Å². The van der Waals surface area contributed by atoms with Gasteiger partial charge in [-0.1, -0.05) is 6.07 Å². The fourth-order valence-corrected chi connectivity index (χ4v) is 6.72. The van der Waals surface area contributed by atoms with Gasteiger partial charge in [0.1, 0.15) is 5.82 Å². The summed E-state index contributed by atoms with van der Waals surface area (Å²) in [5.74, 6) is -0.0868. The number of aryl methyl sites for hydroxylation is 1. The minimum absolute atomic E-state index is 0.0498. The van der Waals surface area contributed by atoms with Crippen molar-refractivity contribution in [1.29, 1.82) is 0 Å². The molecule has 0 radical (unpaired) electrons. The van der Waals surface area contributed by atoms with Gasteiger partial charge in [-0.2, -0.15) is 4.31 Å². The first-order valence-corrected chi connectivity index (χ1v) is 12.4. The van der Waals surface area contributed by atoms with Crippen LogP contribution < -0.4 is 4.90 Å². The van der Waals surface area contributed by atoms with Crippen molar-refractivity contribution in [2.24, 2.45) is 0 Å². The zero-order valence-corrected chi connectivity index (χ0v) is 19.3. The van der Waals surface area contributed by atoms with Crippen molar-refractivity contribution < 1.29 is 18.3 Å². The number of pyridine rings is 1. The molecule has 0 unspecified atom stereocenters. The maximum atomic E-state index is 13.5. The predicted molar refractivity (Wildman–Crippen MR) is 122 cm³/mol. The number of nitrogens with zero attached hydrogens (tertiary/aromatic N) is 3. The van der Waals surface area contributed by atoms with E-state index >= 15 is 0 Å². The first-order chi connectivity index (χ1) is 14.7. The van der Waals surface area contributed by atoms with Gasteiger partial charge in [0.15, 0.2) is 0 Å². The molecule has 2 aromatic heterocycles. The van der Waals surface area contributed by atoms with E-state index < -0.39 is 16.0 Å². The van der Waals surface area contributed by atoms with Crippen LogP contribution in [0.1, 0.15) is 25.0 Å². The number of hydrogen-bond donors (Lipinski definition) is 1. The number of thiophene rings is 1. The molecule has 1 aliphatic heterocycles. The summed E-state index contributed by atoms with van der Waals surface area (Å²) in [7, 11) is -3.73. The number of aliphatic carboxylic acids is 1. The van der Waals surface area contributed by atoms with Gasteiger partial charge in [0.2, 0.25) is 10.0 Å². The van der Waals surface area contributed by atoms with Gasteiger partial charge in [0, 0.05) is 36.1 Å². The second kappa shape index (κ2) is 8.22. The molecule has 7 nitrogen and oxygen atoms in total. The van der Waals surface area contributed by atoms with E-state index in [-0.39, 0.29) is 23.4 Å². The second-order valence-electron chi connectivity index (χ2n) is 7.97. The Hall–Kier alpha value is -2.49. The van der Waals surface area contributed by atoms with Crippen molar-refractivity contribution in [2.45, 2.75) is 44.2 Å². The van der Waals surface area contributed by atoms with Crippen molar-refractivity contribution in [1.82, 2.24) is 9.29 Å². The summed E-state index contributed by atoms with van der Waals surface area (Å²) in [6.45, 7) is 6.82. The van der Waals surface area contributed by atoms with Gasteiger partial charge in [-0.25, -0.2) is 13.4 Å². The summed E-state index contributed by atoms with van der Waals surface area (Å²) in [5, 5.41) is 11.6. The molecular formula is C22H25N3O4S2. The molecule has 4 rings (SSSR count). The van der Waals surface area contributed by atoms with Crippen LogP contribution in [0.2, 0.25) is 0 Å². The molecule has 164 valence electrons. The molecule has 1 aliphatic rings. The van der Waals surface area contributed by atoms with Crippen LogP contribution in [0.25, 0.3) is 10.1 Å². The third kappa shape index (κ3) is 4.05. The number of rotatable bonds is 5. The minimum atomic E-state index is -3.73. The normalized spacial score (nSPS) is 20.3. The van der Waals surface area contributed by atoms with E-state index in [0.29, 0.717) is 24.0 Å². The molecule has 0 amide bonds. The van der Waals surface area contributed by atoms with Crippen LogP contribution in [-0.2, 0) is 21.2 Å². The zero-order valence-electron chi connectivity index (χ0n) is 17.6. The average molecular weight is 460 g/mol. The standard InChI is InChI=1S/C22H25N3O4S2/c1-14-4-7-21(23-12-14)24-8-9-25(16(3)15(24)2)31(28,29)18-5-6-20-19(11-18)17(13-30-20)10-22(26)27/h4-7,11-13,15-16H,8-10H2,1-3H3,(H,26,27)/t15-,16+/m0/s1. The number of fused-ring (bicyclic) bond motifs is 1. The molecule has 3 heterocycles. The molecule has 0 saturated carbocycles. The highest BCUT2D eigenvalue weighted by Gasteiger charge is 2.38. The Labute approximate surface area is 186 Å². The van der Waals surface area contributed by atoms with Gasteiger partial charge in [0.05, 0.1) is 11.3 Å². The van der Waals surface area contributed by atoms with Gasteiger partial charge < -0.3 is 10.0 Å². The number of benzene rings is 1. The van der Waals surface area contributed by atoms with Crippen LogP contribution in [0.4, 0.5) is 5.82 Å². The molecule has 2 atom stereocenters. The Kier molecular flexibility index (Phi) is 5.76. The third-order valence-corrected chi connectivity index (χ3v) is 8.96. The Morgan fingerprint density at radius 2 is 1.97 bits per heavy atom. The van der Waals surface area contributed by atoms with Gasteiger partial charge in [-0.3, -0.25) is 4.79 Å². The van der Waals surface area contributed by atoms with E-state index in [1.54, 1.807) is 27.9 Å². The first kappa shape index (κ1) is 21.7. The molecule has 1 N–H and O–H groups in total. The number of carbonyl (C=O) groups is 1. The van der Waals surface area contributed by atoms with E-state index in [4.69, 9.17) is 5.11 Å². The molecule has 0 spiro atoms. The molecule has 1 saturated heterocycles. The topological polar surface area (TPSA) is 90.8 Å². The number of carboxylic acid groups (broad SMARTS) is 1. The second-order valence-corrected chi connectivity index (χ2v) is 10.8. The highest BCUT2D eigenvalue weighted by molar-refractivity contribution is 7.89. The monoisotopic (exact) mass is 459 g/mol. The van der Waals surface area contributed by atoms with Gasteiger partial charge >= 0.3 is 5.97 Å². The highest BCUT2D eigenvalue weighted by atomic mass is 32.2. The number of hydrogen-bond acceptors (Lipinski definition) is 6. The molecule has 31 heavy (non-hydrogen) atoms.